The van der Waals surface area contributed by atoms with Crippen LogP contribution in [-0.4, -0.2) is 20.5 Å². The molecule has 4 rings (SSSR count). The molecular formula is C17H16N4O2S. The number of carbonyl (C=O) groups excluding carboxylic acids is 1. The average molecular weight is 340 g/mol. The number of fused-ring (bicyclic) bond motifs is 2. The zero-order valence-corrected chi connectivity index (χ0v) is 14.0. The maximum Gasteiger partial charge on any atom is 0.295 e. The van der Waals surface area contributed by atoms with Crippen molar-refractivity contribution in [1.82, 2.24) is 14.6 Å². The number of aryl methyl sites for hydroxylation is 2. The van der Waals surface area contributed by atoms with Gasteiger partial charge in [-0.05, 0) is 36.8 Å². The molecule has 1 aromatic carbocycles. The van der Waals surface area contributed by atoms with E-state index >= 15 is 0 Å². The first-order valence-electron chi connectivity index (χ1n) is 7.84. The first-order valence-corrected chi connectivity index (χ1v) is 8.72. The van der Waals surface area contributed by atoms with Crippen LogP contribution in [-0.2, 0) is 11.2 Å². The molecule has 2 heterocycles. The number of rotatable bonds is 3. The van der Waals surface area contributed by atoms with Crippen LogP contribution in [0.25, 0.3) is 4.96 Å². The van der Waals surface area contributed by atoms with Crippen LogP contribution in [0.4, 0.5) is 5.82 Å². The smallest absolute Gasteiger partial charge is 0.295 e. The van der Waals surface area contributed by atoms with E-state index in [0.29, 0.717) is 22.9 Å². The molecular weight excluding hydrogens is 324 g/mol. The predicted molar refractivity (Wildman–Crippen MR) is 92.6 cm³/mol. The number of aromatic nitrogens is 3. The van der Waals surface area contributed by atoms with Crippen molar-refractivity contribution in [2.75, 3.05) is 5.32 Å². The van der Waals surface area contributed by atoms with Gasteiger partial charge in [0.2, 0.25) is 10.9 Å². The number of nitrogens with zero attached hydrogens (tertiary/aromatic N) is 3. The molecule has 2 aromatic heterocycles. The molecule has 6 nitrogen and oxygen atoms in total. The van der Waals surface area contributed by atoms with Crippen molar-refractivity contribution in [3.63, 3.8) is 0 Å². The number of hydrogen-bond acceptors (Lipinski definition) is 5. The third-order valence-electron chi connectivity index (χ3n) is 4.40. The van der Waals surface area contributed by atoms with Crippen molar-refractivity contribution in [3.05, 3.63) is 56.8 Å². The van der Waals surface area contributed by atoms with E-state index in [-0.39, 0.29) is 17.4 Å². The summed E-state index contributed by atoms with van der Waals surface area (Å²) in [5.41, 5.74) is 2.60. The molecule has 122 valence electrons. The zero-order valence-electron chi connectivity index (χ0n) is 13.2. The lowest BCUT2D eigenvalue weighted by molar-refractivity contribution is -0.116. The van der Waals surface area contributed by atoms with Crippen LogP contribution in [0.15, 0.2) is 34.4 Å². The van der Waals surface area contributed by atoms with Gasteiger partial charge < -0.3 is 5.32 Å². The summed E-state index contributed by atoms with van der Waals surface area (Å²) in [5, 5.41) is 8.85. The molecule has 1 amide bonds. The maximum atomic E-state index is 12.4. The Hall–Kier alpha value is -2.54. The Labute approximate surface area is 142 Å². The SMILES string of the molecule is Cc1nn2c(NC(=O)CC3CCc4ccccc43)csc2nc1=O. The van der Waals surface area contributed by atoms with Crippen LogP contribution in [0.2, 0.25) is 0 Å². The summed E-state index contributed by atoms with van der Waals surface area (Å²) in [4.78, 5) is 28.4. The Morgan fingerprint density at radius 3 is 3.12 bits per heavy atom. The van der Waals surface area contributed by atoms with E-state index < -0.39 is 0 Å². The molecule has 0 radical (unpaired) electrons. The lowest BCUT2D eigenvalue weighted by Crippen LogP contribution is -2.19. The first-order chi connectivity index (χ1) is 11.6. The number of hydrogen-bond donors (Lipinski definition) is 1. The van der Waals surface area contributed by atoms with E-state index in [1.807, 2.05) is 12.1 Å². The molecule has 1 aliphatic carbocycles. The molecule has 7 heteroatoms. The Balaban J connectivity index is 1.53. The van der Waals surface area contributed by atoms with E-state index in [1.54, 1.807) is 12.3 Å². The second-order valence-corrected chi connectivity index (χ2v) is 6.84. The number of benzene rings is 1. The van der Waals surface area contributed by atoms with Crippen molar-refractivity contribution in [3.8, 4) is 0 Å². The van der Waals surface area contributed by atoms with Gasteiger partial charge in [0, 0.05) is 11.8 Å². The lowest BCUT2D eigenvalue weighted by atomic mass is 9.97. The van der Waals surface area contributed by atoms with Gasteiger partial charge in [-0.3, -0.25) is 9.59 Å². The van der Waals surface area contributed by atoms with Gasteiger partial charge in [-0.15, -0.1) is 11.3 Å². The highest BCUT2D eigenvalue weighted by Crippen LogP contribution is 2.35. The van der Waals surface area contributed by atoms with Gasteiger partial charge in [-0.25, -0.2) is 0 Å². The summed E-state index contributed by atoms with van der Waals surface area (Å²) < 4.78 is 1.52. The molecule has 0 spiro atoms. The summed E-state index contributed by atoms with van der Waals surface area (Å²) in [6, 6.07) is 8.31. The number of carbonyl (C=O) groups is 1. The van der Waals surface area contributed by atoms with Crippen molar-refractivity contribution < 1.29 is 4.79 Å². The third kappa shape index (κ3) is 2.60. The Morgan fingerprint density at radius 2 is 2.25 bits per heavy atom. The second-order valence-electron chi connectivity index (χ2n) is 6.00. The second kappa shape index (κ2) is 5.83. The van der Waals surface area contributed by atoms with E-state index in [4.69, 9.17) is 0 Å². The van der Waals surface area contributed by atoms with Gasteiger partial charge >= 0.3 is 0 Å². The number of thiazole rings is 1. The molecule has 1 N–H and O–H groups in total. The summed E-state index contributed by atoms with van der Waals surface area (Å²) >= 11 is 1.28. The van der Waals surface area contributed by atoms with Crippen molar-refractivity contribution in [1.29, 1.82) is 0 Å². The van der Waals surface area contributed by atoms with Gasteiger partial charge in [0.15, 0.2) is 0 Å². The van der Waals surface area contributed by atoms with Gasteiger partial charge in [-0.2, -0.15) is 14.6 Å². The number of amides is 1. The fraction of sp³-hybridized carbons (Fsp3) is 0.294. The van der Waals surface area contributed by atoms with Gasteiger partial charge in [0.25, 0.3) is 5.56 Å². The fourth-order valence-corrected chi connectivity index (χ4v) is 3.95. The van der Waals surface area contributed by atoms with Crippen LogP contribution >= 0.6 is 11.3 Å². The van der Waals surface area contributed by atoms with Crippen molar-refractivity contribution in [2.45, 2.75) is 32.1 Å². The average Bonchev–Trinajstić information content (AvgIpc) is 3.13. The summed E-state index contributed by atoms with van der Waals surface area (Å²) in [5.74, 6) is 0.772. The van der Waals surface area contributed by atoms with Crippen LogP contribution in [0, 0.1) is 6.92 Å². The van der Waals surface area contributed by atoms with Gasteiger partial charge in [-0.1, -0.05) is 24.3 Å². The minimum atomic E-state index is -0.336. The molecule has 0 fully saturated rings. The summed E-state index contributed by atoms with van der Waals surface area (Å²) in [6.45, 7) is 1.61. The summed E-state index contributed by atoms with van der Waals surface area (Å²) in [6.07, 6.45) is 2.48. The highest BCUT2D eigenvalue weighted by Gasteiger charge is 2.24. The van der Waals surface area contributed by atoms with E-state index in [9.17, 15) is 9.59 Å². The third-order valence-corrected chi connectivity index (χ3v) is 5.21. The minimum Gasteiger partial charge on any atom is -0.310 e. The highest BCUT2D eigenvalue weighted by atomic mass is 32.1. The molecule has 1 unspecified atom stereocenters. The van der Waals surface area contributed by atoms with Gasteiger partial charge in [0.05, 0.1) is 0 Å². The van der Waals surface area contributed by atoms with E-state index in [0.717, 1.165) is 12.8 Å². The van der Waals surface area contributed by atoms with Gasteiger partial charge in [0.1, 0.15) is 11.5 Å². The quantitative estimate of drug-likeness (QED) is 0.795. The molecule has 0 saturated carbocycles. The lowest BCUT2D eigenvalue weighted by Gasteiger charge is -2.11. The maximum absolute atomic E-state index is 12.4. The van der Waals surface area contributed by atoms with Crippen LogP contribution in [0.1, 0.15) is 35.6 Å². The summed E-state index contributed by atoms with van der Waals surface area (Å²) in [7, 11) is 0. The standard InChI is InChI=1S/C17H16N4O2S/c1-10-16(23)19-17-21(20-10)14(9-24-17)18-15(22)8-12-7-6-11-4-2-3-5-13(11)12/h2-5,9,12H,6-8H2,1H3,(H,18,22). The predicted octanol–water partition coefficient (Wildman–Crippen LogP) is 2.52. The first kappa shape index (κ1) is 15.0. The largest absolute Gasteiger partial charge is 0.310 e. The molecule has 3 aromatic rings. The molecule has 0 bridgehead atoms. The normalized spacial score (nSPS) is 16.3. The monoisotopic (exact) mass is 340 g/mol. The van der Waals surface area contributed by atoms with Crippen LogP contribution < -0.4 is 10.9 Å². The van der Waals surface area contributed by atoms with Crippen LogP contribution in [0.5, 0.6) is 0 Å². The van der Waals surface area contributed by atoms with Crippen LogP contribution in [0.3, 0.4) is 0 Å². The number of anilines is 1. The minimum absolute atomic E-state index is 0.0467. The highest BCUT2D eigenvalue weighted by molar-refractivity contribution is 7.15. The zero-order chi connectivity index (χ0) is 16.7. The Kier molecular flexibility index (Phi) is 3.65. The topological polar surface area (TPSA) is 76.4 Å². The molecule has 1 aliphatic rings. The molecule has 1 atom stereocenters. The molecule has 0 aliphatic heterocycles. The van der Waals surface area contributed by atoms with Crippen molar-refractivity contribution in [2.24, 2.45) is 0 Å². The number of nitrogens with one attached hydrogen (secondary N) is 1. The van der Waals surface area contributed by atoms with E-state index in [1.165, 1.54) is 27.0 Å². The Morgan fingerprint density at radius 1 is 1.42 bits per heavy atom. The fourth-order valence-electron chi connectivity index (χ4n) is 3.20. The Bertz CT molecular complexity index is 992. The molecule has 24 heavy (non-hydrogen) atoms. The molecule has 0 saturated heterocycles. The van der Waals surface area contributed by atoms with Crippen molar-refractivity contribution >= 4 is 28.0 Å². The van der Waals surface area contributed by atoms with E-state index in [2.05, 4.69) is 27.5 Å².